The van der Waals surface area contributed by atoms with Crippen molar-refractivity contribution in [3.05, 3.63) is 41.1 Å². The molecule has 0 aromatic heterocycles. The molecule has 0 atom stereocenters. The first-order valence-electron chi connectivity index (χ1n) is 7.13. The zero-order valence-electron chi connectivity index (χ0n) is 13.5. The Morgan fingerprint density at radius 3 is 2.48 bits per heavy atom. The molecule has 0 saturated heterocycles. The third-order valence-corrected chi connectivity index (χ3v) is 3.04. The molecule has 0 radical (unpaired) electrons. The fourth-order valence-corrected chi connectivity index (χ4v) is 1.86. The molecule has 6 nitrogen and oxygen atoms in total. The van der Waals surface area contributed by atoms with Gasteiger partial charge in [0.25, 0.3) is 0 Å². The fraction of sp³-hybridized carbons (Fsp3) is 0.353. The van der Waals surface area contributed by atoms with E-state index in [2.05, 4.69) is 0 Å². The maximum absolute atomic E-state index is 11.7. The molecular formula is C17H20N2O4. The number of nitrogens with two attached hydrogens (primary N) is 1. The molecule has 0 heterocycles. The second-order valence-corrected chi connectivity index (χ2v) is 5.23. The van der Waals surface area contributed by atoms with Crippen molar-refractivity contribution in [1.82, 2.24) is 0 Å². The van der Waals surface area contributed by atoms with E-state index in [0.717, 1.165) is 5.56 Å². The van der Waals surface area contributed by atoms with Crippen LogP contribution in [0.15, 0.2) is 35.5 Å². The van der Waals surface area contributed by atoms with E-state index in [-0.39, 0.29) is 23.8 Å². The topological polar surface area (TPSA) is 102 Å². The SMILES string of the molecule is C/C(N)=C(/C#N)C(=O)COC(=O)COc1ccccc1C(C)C. The highest BCUT2D eigenvalue weighted by atomic mass is 16.6. The average molecular weight is 316 g/mol. The Morgan fingerprint density at radius 2 is 1.91 bits per heavy atom. The van der Waals surface area contributed by atoms with Crippen LogP contribution in [0, 0.1) is 11.3 Å². The van der Waals surface area contributed by atoms with Crippen molar-refractivity contribution < 1.29 is 19.1 Å². The van der Waals surface area contributed by atoms with E-state index < -0.39 is 18.4 Å². The van der Waals surface area contributed by atoms with Crippen LogP contribution in [0.2, 0.25) is 0 Å². The molecule has 0 saturated carbocycles. The summed E-state index contributed by atoms with van der Waals surface area (Å²) in [6.45, 7) is 4.62. The number of Topliss-reactive ketones (excluding diaryl/α,β-unsaturated/α-hetero) is 1. The van der Waals surface area contributed by atoms with Crippen LogP contribution in [-0.4, -0.2) is 25.0 Å². The minimum absolute atomic E-state index is 0.0932. The highest BCUT2D eigenvalue weighted by Crippen LogP contribution is 2.25. The number of para-hydroxylation sites is 1. The van der Waals surface area contributed by atoms with Gasteiger partial charge in [-0.15, -0.1) is 0 Å². The number of ketones is 1. The summed E-state index contributed by atoms with van der Waals surface area (Å²) < 4.78 is 10.2. The Hall–Kier alpha value is -2.81. The van der Waals surface area contributed by atoms with Gasteiger partial charge >= 0.3 is 5.97 Å². The Kier molecular flexibility index (Phi) is 6.81. The van der Waals surface area contributed by atoms with Gasteiger partial charge in [-0.1, -0.05) is 32.0 Å². The summed E-state index contributed by atoms with van der Waals surface area (Å²) in [7, 11) is 0. The van der Waals surface area contributed by atoms with Gasteiger partial charge in [0, 0.05) is 5.70 Å². The summed E-state index contributed by atoms with van der Waals surface area (Å²) in [5.41, 5.74) is 6.27. The number of hydrogen-bond acceptors (Lipinski definition) is 6. The number of nitrogens with zero attached hydrogens (tertiary/aromatic N) is 1. The van der Waals surface area contributed by atoms with Crippen LogP contribution in [0.4, 0.5) is 0 Å². The minimum Gasteiger partial charge on any atom is -0.482 e. The normalized spacial score (nSPS) is 11.4. The van der Waals surface area contributed by atoms with Crippen molar-refractivity contribution in [2.75, 3.05) is 13.2 Å². The predicted octanol–water partition coefficient (Wildman–Crippen LogP) is 2.06. The lowest BCUT2D eigenvalue weighted by Crippen LogP contribution is -2.21. The number of ether oxygens (including phenoxy) is 2. The van der Waals surface area contributed by atoms with E-state index in [4.69, 9.17) is 20.5 Å². The molecule has 0 aliphatic carbocycles. The van der Waals surface area contributed by atoms with Crippen LogP contribution in [0.3, 0.4) is 0 Å². The maximum Gasteiger partial charge on any atom is 0.344 e. The third-order valence-electron chi connectivity index (χ3n) is 3.04. The molecule has 1 aromatic carbocycles. The van der Waals surface area contributed by atoms with Crippen molar-refractivity contribution in [1.29, 1.82) is 5.26 Å². The van der Waals surface area contributed by atoms with Gasteiger partial charge in [0.15, 0.2) is 13.2 Å². The lowest BCUT2D eigenvalue weighted by molar-refractivity contribution is -0.149. The number of benzene rings is 1. The predicted molar refractivity (Wildman–Crippen MR) is 84.5 cm³/mol. The van der Waals surface area contributed by atoms with Crippen LogP contribution in [0.1, 0.15) is 32.3 Å². The van der Waals surface area contributed by atoms with Gasteiger partial charge in [0.05, 0.1) is 0 Å². The number of esters is 1. The molecule has 6 heteroatoms. The summed E-state index contributed by atoms with van der Waals surface area (Å²) in [6.07, 6.45) is 0. The molecule has 0 aliphatic rings. The Labute approximate surface area is 135 Å². The Balaban J connectivity index is 2.55. The molecule has 0 fully saturated rings. The number of carbonyl (C=O) groups excluding carboxylic acids is 2. The van der Waals surface area contributed by atoms with Crippen LogP contribution in [-0.2, 0) is 14.3 Å². The fourth-order valence-electron chi connectivity index (χ4n) is 1.86. The number of hydrogen-bond donors (Lipinski definition) is 1. The number of carbonyl (C=O) groups is 2. The number of nitriles is 1. The quantitative estimate of drug-likeness (QED) is 0.469. The zero-order valence-corrected chi connectivity index (χ0v) is 13.5. The monoisotopic (exact) mass is 316 g/mol. The van der Waals surface area contributed by atoms with Crippen molar-refractivity contribution in [3.8, 4) is 11.8 Å². The van der Waals surface area contributed by atoms with Crippen molar-refractivity contribution in [2.45, 2.75) is 26.7 Å². The van der Waals surface area contributed by atoms with Gasteiger partial charge in [0.2, 0.25) is 5.78 Å². The van der Waals surface area contributed by atoms with E-state index in [1.54, 1.807) is 12.1 Å². The smallest absolute Gasteiger partial charge is 0.344 e. The van der Waals surface area contributed by atoms with E-state index >= 15 is 0 Å². The second kappa shape index (κ2) is 8.59. The number of rotatable bonds is 7. The molecule has 0 spiro atoms. The summed E-state index contributed by atoms with van der Waals surface area (Å²) in [5.74, 6) is -0.479. The van der Waals surface area contributed by atoms with Crippen LogP contribution < -0.4 is 10.5 Å². The first-order chi connectivity index (χ1) is 10.9. The summed E-state index contributed by atoms with van der Waals surface area (Å²) in [5, 5.41) is 8.79. The van der Waals surface area contributed by atoms with Crippen molar-refractivity contribution in [2.24, 2.45) is 5.73 Å². The van der Waals surface area contributed by atoms with Gasteiger partial charge in [-0.2, -0.15) is 5.26 Å². The van der Waals surface area contributed by atoms with E-state index in [0.29, 0.717) is 5.75 Å². The third kappa shape index (κ3) is 5.47. The van der Waals surface area contributed by atoms with Crippen LogP contribution in [0.25, 0.3) is 0 Å². The molecule has 0 bridgehead atoms. The minimum atomic E-state index is -0.691. The molecular weight excluding hydrogens is 296 g/mol. The first-order valence-corrected chi connectivity index (χ1v) is 7.13. The molecule has 122 valence electrons. The van der Waals surface area contributed by atoms with Crippen molar-refractivity contribution >= 4 is 11.8 Å². The van der Waals surface area contributed by atoms with E-state index in [9.17, 15) is 9.59 Å². The lowest BCUT2D eigenvalue weighted by atomic mass is 10.0. The molecule has 23 heavy (non-hydrogen) atoms. The Morgan fingerprint density at radius 1 is 1.26 bits per heavy atom. The van der Waals surface area contributed by atoms with Crippen molar-refractivity contribution in [3.63, 3.8) is 0 Å². The maximum atomic E-state index is 11.7. The van der Waals surface area contributed by atoms with E-state index in [1.807, 2.05) is 32.0 Å². The summed E-state index contributed by atoms with van der Waals surface area (Å²) >= 11 is 0. The van der Waals surface area contributed by atoms with Crippen LogP contribution in [0.5, 0.6) is 5.75 Å². The summed E-state index contributed by atoms with van der Waals surface area (Å²) in [6, 6.07) is 9.07. The lowest BCUT2D eigenvalue weighted by Gasteiger charge is -2.13. The van der Waals surface area contributed by atoms with Gasteiger partial charge in [-0.3, -0.25) is 4.79 Å². The molecule has 1 rings (SSSR count). The van der Waals surface area contributed by atoms with Gasteiger partial charge in [0.1, 0.15) is 17.4 Å². The largest absolute Gasteiger partial charge is 0.482 e. The highest BCUT2D eigenvalue weighted by Gasteiger charge is 2.15. The van der Waals surface area contributed by atoms with E-state index in [1.165, 1.54) is 6.92 Å². The Bertz CT molecular complexity index is 653. The second-order valence-electron chi connectivity index (χ2n) is 5.23. The molecule has 0 unspecified atom stereocenters. The summed E-state index contributed by atoms with van der Waals surface area (Å²) in [4.78, 5) is 23.3. The molecule has 0 amide bonds. The van der Waals surface area contributed by atoms with Gasteiger partial charge < -0.3 is 15.2 Å². The van der Waals surface area contributed by atoms with Crippen LogP contribution >= 0.6 is 0 Å². The molecule has 1 aromatic rings. The standard InChI is InChI=1S/C17H20N2O4/c1-11(2)13-6-4-5-7-16(13)22-10-17(21)23-9-15(20)14(8-18)12(3)19/h4-7,11H,9-10,19H2,1-3H3/b14-12+. The average Bonchev–Trinajstić information content (AvgIpc) is 2.51. The molecule has 0 aliphatic heterocycles. The number of allylic oxidation sites excluding steroid dienone is 1. The zero-order chi connectivity index (χ0) is 17.4. The first kappa shape index (κ1) is 18.2. The molecule has 2 N–H and O–H groups in total. The van der Waals surface area contributed by atoms with Gasteiger partial charge in [-0.05, 0) is 24.5 Å². The highest BCUT2D eigenvalue weighted by molar-refractivity contribution is 6.01. The van der Waals surface area contributed by atoms with Gasteiger partial charge in [-0.25, -0.2) is 4.79 Å².